The maximum atomic E-state index is 10.8. The van der Waals surface area contributed by atoms with E-state index in [1.54, 1.807) is 12.1 Å². The number of nitro benzene ring substituents is 1. The van der Waals surface area contributed by atoms with Crippen LogP contribution in [0, 0.1) is 17.0 Å². The van der Waals surface area contributed by atoms with Gasteiger partial charge in [0.15, 0.2) is 49.6 Å². The molecule has 7 rings (SSSR count). The van der Waals surface area contributed by atoms with Crippen molar-refractivity contribution in [1.29, 1.82) is 0 Å². The van der Waals surface area contributed by atoms with Crippen molar-refractivity contribution in [2.24, 2.45) is 14.1 Å². The second-order valence-corrected chi connectivity index (χ2v) is 11.9. The monoisotopic (exact) mass is 786 g/mol. The number of non-ortho nitro benzene ring substituents is 1. The van der Waals surface area contributed by atoms with Crippen LogP contribution >= 0.6 is 0 Å². The van der Waals surface area contributed by atoms with E-state index in [1.165, 1.54) is 28.3 Å². The first-order chi connectivity index (χ1) is 23.7. The highest BCUT2D eigenvalue weighted by atomic mass is 35.5. The van der Waals surface area contributed by atoms with Gasteiger partial charge in [-0.05, 0) is 64.6 Å². The first-order valence-electron chi connectivity index (χ1n) is 15.9. The van der Waals surface area contributed by atoms with Gasteiger partial charge >= 0.3 is 0 Å². The minimum absolute atomic E-state index is 0. The Morgan fingerprint density at radius 3 is 1.25 bits per heavy atom. The molecule has 0 saturated carbocycles. The van der Waals surface area contributed by atoms with Crippen molar-refractivity contribution in [2.45, 2.75) is 6.92 Å². The van der Waals surface area contributed by atoms with Crippen molar-refractivity contribution in [3.05, 3.63) is 181 Å². The van der Waals surface area contributed by atoms with Crippen molar-refractivity contribution in [1.82, 2.24) is 0 Å². The minimum atomic E-state index is -0.375. The second kappa shape index (κ2) is 20.0. The SMILES string of the molecule is C[n+]1ccc(-c2cc[n+](-c3ccc(-c4ccc(N)cc4)cc3)cc2)cc1.Cc1cc([N+](=O)[O-])ccc1-[n+]1ccc(-c2cc[n+](C)cc2)cc1.[Cl-].[Cl-].[Cl-].[Cl-]. The summed E-state index contributed by atoms with van der Waals surface area (Å²) in [6.07, 6.45) is 16.3. The van der Waals surface area contributed by atoms with Crippen LogP contribution in [0.15, 0.2) is 165 Å². The lowest BCUT2D eigenvalue weighted by Gasteiger charge is -2.03. The Labute approximate surface area is 334 Å². The Hall–Kier alpha value is -5.38. The van der Waals surface area contributed by atoms with Gasteiger partial charge in [-0.1, -0.05) is 12.1 Å². The molecule has 8 nitrogen and oxygen atoms in total. The van der Waals surface area contributed by atoms with Crippen LogP contribution < -0.4 is 73.6 Å². The first-order valence-corrected chi connectivity index (χ1v) is 15.9. The van der Waals surface area contributed by atoms with E-state index in [0.29, 0.717) is 0 Å². The zero-order valence-electron chi connectivity index (χ0n) is 29.2. The van der Waals surface area contributed by atoms with Crippen LogP contribution in [-0.4, -0.2) is 4.92 Å². The molecule has 53 heavy (non-hydrogen) atoms. The average molecular weight is 789 g/mol. The van der Waals surface area contributed by atoms with Gasteiger partial charge in [-0.3, -0.25) is 10.1 Å². The lowest BCUT2D eigenvalue weighted by atomic mass is 10.0. The number of hydrogen-bond donors (Lipinski definition) is 1. The van der Waals surface area contributed by atoms with Crippen LogP contribution in [0.2, 0.25) is 0 Å². The molecule has 0 atom stereocenters. The van der Waals surface area contributed by atoms with Gasteiger partial charge in [0.25, 0.3) is 5.69 Å². The van der Waals surface area contributed by atoms with Crippen molar-refractivity contribution < 1.29 is 72.8 Å². The molecule has 0 aliphatic carbocycles. The third kappa shape index (κ3) is 11.1. The molecule has 4 heterocycles. The van der Waals surface area contributed by atoms with Crippen LogP contribution in [0.3, 0.4) is 0 Å². The summed E-state index contributed by atoms with van der Waals surface area (Å²) < 4.78 is 8.12. The molecule has 0 fully saturated rings. The number of hydrogen-bond acceptors (Lipinski definition) is 3. The topological polar surface area (TPSA) is 84.7 Å². The molecule has 12 heteroatoms. The Kier molecular flexibility index (Phi) is 16.5. The number of aromatic nitrogens is 4. The summed E-state index contributed by atoms with van der Waals surface area (Å²) in [5.74, 6) is 0. The van der Waals surface area contributed by atoms with E-state index in [-0.39, 0.29) is 60.2 Å². The molecule has 4 aromatic heterocycles. The van der Waals surface area contributed by atoms with E-state index in [4.69, 9.17) is 5.73 Å². The van der Waals surface area contributed by atoms with Crippen molar-refractivity contribution >= 4 is 11.4 Å². The Morgan fingerprint density at radius 2 is 0.849 bits per heavy atom. The molecular weight excluding hydrogens is 750 g/mol. The number of nitrogens with two attached hydrogens (primary N) is 1. The summed E-state index contributed by atoms with van der Waals surface area (Å²) >= 11 is 0. The summed E-state index contributed by atoms with van der Waals surface area (Å²) in [7, 11) is 4.01. The number of nitro groups is 1. The fraction of sp³-hybridized carbons (Fsp3) is 0.0732. The van der Waals surface area contributed by atoms with Crippen LogP contribution in [0.1, 0.15) is 5.56 Å². The van der Waals surface area contributed by atoms with Gasteiger partial charge in [-0.2, -0.15) is 9.13 Å². The molecule has 272 valence electrons. The molecule has 0 spiro atoms. The van der Waals surface area contributed by atoms with Gasteiger partial charge in [-0.15, -0.1) is 0 Å². The van der Waals surface area contributed by atoms with Gasteiger partial charge in [0.05, 0.1) is 4.92 Å². The number of aryl methyl sites for hydroxylation is 3. The molecule has 0 radical (unpaired) electrons. The molecule has 0 unspecified atom stereocenters. The maximum absolute atomic E-state index is 10.8. The van der Waals surface area contributed by atoms with E-state index in [0.717, 1.165) is 33.8 Å². The Balaban J connectivity index is 0.000000343. The molecule has 0 saturated heterocycles. The minimum Gasteiger partial charge on any atom is -1.00 e. The molecule has 2 N–H and O–H groups in total. The molecule has 3 aromatic carbocycles. The molecule has 0 aliphatic rings. The first kappa shape index (κ1) is 43.8. The summed E-state index contributed by atoms with van der Waals surface area (Å²) in [4.78, 5) is 10.4. The van der Waals surface area contributed by atoms with Crippen molar-refractivity contribution in [3.63, 3.8) is 0 Å². The van der Waals surface area contributed by atoms with Crippen LogP contribution in [-0.2, 0) is 14.1 Å². The molecule has 0 amide bonds. The lowest BCUT2D eigenvalue weighted by Crippen LogP contribution is -3.00. The Bertz CT molecular complexity index is 2110. The van der Waals surface area contributed by atoms with Gasteiger partial charge in [0.1, 0.15) is 14.1 Å². The number of nitrogens with zero attached hydrogens (tertiary/aromatic N) is 5. The normalized spacial score (nSPS) is 9.79. The molecule has 0 bridgehead atoms. The third-order valence-corrected chi connectivity index (χ3v) is 8.36. The number of pyridine rings is 4. The number of halogens is 4. The van der Waals surface area contributed by atoms with E-state index in [9.17, 15) is 10.1 Å². The molecule has 0 aliphatic heterocycles. The van der Waals surface area contributed by atoms with E-state index in [2.05, 4.69) is 90.0 Å². The van der Waals surface area contributed by atoms with Gasteiger partial charge in [-0.25, -0.2) is 9.13 Å². The summed E-state index contributed by atoms with van der Waals surface area (Å²) in [5.41, 5.74) is 16.6. The average Bonchev–Trinajstić information content (AvgIpc) is 3.13. The summed E-state index contributed by atoms with van der Waals surface area (Å²) in [6, 6.07) is 38.1. The van der Waals surface area contributed by atoms with E-state index >= 15 is 0 Å². The number of nitrogen functional groups attached to an aromatic ring is 1. The van der Waals surface area contributed by atoms with Gasteiger partial charge < -0.3 is 55.4 Å². The highest BCUT2D eigenvalue weighted by molar-refractivity contribution is 5.66. The van der Waals surface area contributed by atoms with E-state index in [1.807, 2.05) is 95.9 Å². The quantitative estimate of drug-likeness (QED) is 0.0791. The Morgan fingerprint density at radius 1 is 0.491 bits per heavy atom. The zero-order chi connectivity index (χ0) is 34.3. The smallest absolute Gasteiger partial charge is 0.270 e. The lowest BCUT2D eigenvalue weighted by molar-refractivity contribution is -0.671. The standard InChI is InChI=1S/C23H20N3.C18H17N3O2.4ClH/c1-25-14-10-20(11-15-25)21-12-16-26(17-13-21)23-8-4-19(5-9-23)18-2-6-22(24)7-3-18;1-14-13-17(21(22)23)3-4-18(14)20-11-7-16(8-12-20)15-5-9-19(2)10-6-15;;;;/h2-17,24H,1H3;3-13H,1-2H3;4*1H/q+1;+2;;;;/p-3. The second-order valence-electron chi connectivity index (χ2n) is 11.9. The predicted octanol–water partition coefficient (Wildman–Crippen LogP) is -5.61. The summed E-state index contributed by atoms with van der Waals surface area (Å²) in [5, 5.41) is 10.8. The molecule has 7 aromatic rings. The fourth-order valence-corrected chi connectivity index (χ4v) is 5.50. The van der Waals surface area contributed by atoms with Crippen molar-refractivity contribution in [2.75, 3.05) is 5.73 Å². The van der Waals surface area contributed by atoms with Crippen molar-refractivity contribution in [3.8, 4) is 44.8 Å². The van der Waals surface area contributed by atoms with Gasteiger partial charge in [0, 0.05) is 90.1 Å². The third-order valence-electron chi connectivity index (χ3n) is 8.36. The fourth-order valence-electron chi connectivity index (χ4n) is 5.50. The van der Waals surface area contributed by atoms with Crippen LogP contribution in [0.25, 0.3) is 44.8 Å². The maximum Gasteiger partial charge on any atom is 0.270 e. The van der Waals surface area contributed by atoms with E-state index < -0.39 is 0 Å². The molecular formula is C41H38Cl4N6O2. The highest BCUT2D eigenvalue weighted by Crippen LogP contribution is 2.22. The summed E-state index contributed by atoms with van der Waals surface area (Å²) in [6.45, 7) is 1.88. The predicted molar refractivity (Wildman–Crippen MR) is 190 cm³/mol. The zero-order valence-corrected chi connectivity index (χ0v) is 32.3. The highest BCUT2D eigenvalue weighted by Gasteiger charge is 2.15. The van der Waals surface area contributed by atoms with Gasteiger partial charge in [0.2, 0.25) is 11.4 Å². The van der Waals surface area contributed by atoms with Crippen LogP contribution in [0.5, 0.6) is 0 Å². The largest absolute Gasteiger partial charge is 1.00 e. The number of rotatable bonds is 6. The number of benzene rings is 3. The van der Waals surface area contributed by atoms with Crippen LogP contribution in [0.4, 0.5) is 11.4 Å². The number of anilines is 1.